The summed E-state index contributed by atoms with van der Waals surface area (Å²) in [7, 11) is -1.59. The fourth-order valence-corrected chi connectivity index (χ4v) is 11.0. The van der Waals surface area contributed by atoms with Crippen molar-refractivity contribution in [2.24, 2.45) is 0 Å². The van der Waals surface area contributed by atoms with E-state index in [1.807, 2.05) is 0 Å². The Morgan fingerprint density at radius 2 is 1.00 bits per heavy atom. The highest BCUT2D eigenvalue weighted by Gasteiger charge is 2.49. The minimum atomic E-state index is -1.59. The topological polar surface area (TPSA) is 24.1 Å². The lowest BCUT2D eigenvalue weighted by Crippen LogP contribution is -2.71. The molecule has 2 nitrogen and oxygen atoms in total. The van der Waals surface area contributed by atoms with Crippen molar-refractivity contribution < 1.29 is 0 Å². The first-order chi connectivity index (χ1) is 9.54. The lowest BCUT2D eigenvalue weighted by atomic mass is 10.0. The van der Waals surface area contributed by atoms with Gasteiger partial charge in [-0.2, -0.15) is 0 Å². The maximum Gasteiger partial charge on any atom is 0.208 e. The average molecular weight is 297 g/mol. The van der Waals surface area contributed by atoms with Crippen molar-refractivity contribution >= 4 is 8.40 Å². The highest BCUT2D eigenvalue weighted by molar-refractivity contribution is 6.78. The number of nitrogens with one attached hydrogen (secondary N) is 2. The molecule has 2 saturated carbocycles. The van der Waals surface area contributed by atoms with Gasteiger partial charge in [-0.15, -0.1) is 0 Å². The Balaban J connectivity index is 2.24. The zero-order chi connectivity index (χ0) is 14.6. The van der Waals surface area contributed by atoms with E-state index < -0.39 is 8.40 Å². The monoisotopic (exact) mass is 296 g/mol. The molecular weight excluding hydrogens is 260 g/mol. The van der Waals surface area contributed by atoms with Crippen LogP contribution in [-0.4, -0.2) is 20.5 Å². The van der Waals surface area contributed by atoms with Crippen LogP contribution in [0.15, 0.2) is 0 Å². The predicted molar refractivity (Wildman–Crippen MR) is 91.4 cm³/mol. The Kier molecular flexibility index (Phi) is 6.12. The summed E-state index contributed by atoms with van der Waals surface area (Å²) in [6.07, 6.45) is 13.2. The fraction of sp³-hybridized carbons (Fsp3) is 1.00. The van der Waals surface area contributed by atoms with Gasteiger partial charge in [0.05, 0.1) is 0 Å². The zero-order valence-corrected chi connectivity index (χ0v) is 15.2. The molecule has 0 amide bonds. The SMILES string of the molecule is CC(C)N[Si](NC(C)C)(C1CCCCC1)C1CCCC1. The first-order valence-corrected chi connectivity index (χ1v) is 11.3. The van der Waals surface area contributed by atoms with Gasteiger partial charge >= 0.3 is 0 Å². The molecule has 0 heterocycles. The number of hydrogen-bond donors (Lipinski definition) is 2. The molecule has 0 saturated heterocycles. The van der Waals surface area contributed by atoms with Gasteiger partial charge in [-0.05, 0) is 23.2 Å². The Bertz CT molecular complexity index is 269. The molecule has 2 aliphatic carbocycles. The molecule has 2 aliphatic rings. The van der Waals surface area contributed by atoms with Crippen LogP contribution in [0.2, 0.25) is 11.1 Å². The fourth-order valence-electron chi connectivity index (χ4n) is 4.74. The van der Waals surface area contributed by atoms with Gasteiger partial charge < -0.3 is 9.96 Å². The van der Waals surface area contributed by atoms with Crippen LogP contribution in [0.1, 0.15) is 85.5 Å². The Morgan fingerprint density at radius 3 is 1.35 bits per heavy atom. The molecule has 0 aromatic rings. The van der Waals surface area contributed by atoms with Crippen LogP contribution >= 0.6 is 0 Å². The first-order valence-electron chi connectivity index (χ1n) is 9.10. The van der Waals surface area contributed by atoms with Crippen molar-refractivity contribution in [1.82, 2.24) is 9.96 Å². The van der Waals surface area contributed by atoms with E-state index in [4.69, 9.17) is 0 Å². The molecule has 0 aromatic heterocycles. The second-order valence-corrected chi connectivity index (χ2v) is 11.7. The molecule has 0 aliphatic heterocycles. The number of hydrogen-bond acceptors (Lipinski definition) is 2. The van der Waals surface area contributed by atoms with Crippen molar-refractivity contribution in [2.45, 2.75) is 109 Å². The highest BCUT2D eigenvalue weighted by atomic mass is 28.3. The van der Waals surface area contributed by atoms with Gasteiger partial charge in [0.15, 0.2) is 0 Å². The molecule has 0 radical (unpaired) electrons. The van der Waals surface area contributed by atoms with E-state index in [1.165, 1.54) is 57.8 Å². The molecule has 3 heteroatoms. The summed E-state index contributed by atoms with van der Waals surface area (Å²) in [4.78, 5) is 8.33. The average Bonchev–Trinajstić information content (AvgIpc) is 2.92. The Labute approximate surface area is 127 Å². The quantitative estimate of drug-likeness (QED) is 0.694. The highest BCUT2D eigenvalue weighted by Crippen LogP contribution is 2.46. The molecule has 0 unspecified atom stereocenters. The Morgan fingerprint density at radius 1 is 0.650 bits per heavy atom. The van der Waals surface area contributed by atoms with Crippen LogP contribution in [0.25, 0.3) is 0 Å². The summed E-state index contributed by atoms with van der Waals surface area (Å²) in [5, 5.41) is 0. The zero-order valence-electron chi connectivity index (χ0n) is 14.2. The molecule has 0 atom stereocenters. The third-order valence-corrected chi connectivity index (χ3v) is 11.1. The van der Waals surface area contributed by atoms with E-state index in [1.54, 1.807) is 0 Å². The molecule has 0 aromatic carbocycles. The van der Waals surface area contributed by atoms with Gasteiger partial charge in [-0.3, -0.25) is 0 Å². The van der Waals surface area contributed by atoms with Crippen molar-refractivity contribution in [1.29, 1.82) is 0 Å². The van der Waals surface area contributed by atoms with Crippen molar-refractivity contribution in [3.8, 4) is 0 Å². The molecule has 118 valence electrons. The van der Waals surface area contributed by atoms with E-state index in [9.17, 15) is 0 Å². The van der Waals surface area contributed by atoms with Gasteiger partial charge in [-0.25, -0.2) is 0 Å². The van der Waals surface area contributed by atoms with Gasteiger partial charge in [0.2, 0.25) is 8.40 Å². The lowest BCUT2D eigenvalue weighted by molar-refractivity contribution is 0.456. The molecule has 0 bridgehead atoms. The minimum Gasteiger partial charge on any atom is -0.323 e. The predicted octanol–water partition coefficient (Wildman–Crippen LogP) is 4.70. The maximum absolute atomic E-state index is 4.16. The summed E-state index contributed by atoms with van der Waals surface area (Å²) in [6.45, 7) is 9.39. The molecule has 0 spiro atoms. The third kappa shape index (κ3) is 3.86. The van der Waals surface area contributed by atoms with Gasteiger partial charge in [0.1, 0.15) is 0 Å². The van der Waals surface area contributed by atoms with Crippen LogP contribution in [0, 0.1) is 0 Å². The molecule has 20 heavy (non-hydrogen) atoms. The van der Waals surface area contributed by atoms with Crippen LogP contribution in [0.4, 0.5) is 0 Å². The summed E-state index contributed by atoms with van der Waals surface area (Å²) in [5.74, 6) is 0. The molecule has 2 N–H and O–H groups in total. The second kappa shape index (κ2) is 7.41. The van der Waals surface area contributed by atoms with Crippen LogP contribution in [-0.2, 0) is 0 Å². The van der Waals surface area contributed by atoms with Crippen molar-refractivity contribution in [3.63, 3.8) is 0 Å². The third-order valence-electron chi connectivity index (χ3n) is 5.30. The van der Waals surface area contributed by atoms with Gasteiger partial charge in [-0.1, -0.05) is 85.5 Å². The van der Waals surface area contributed by atoms with Crippen LogP contribution in [0.5, 0.6) is 0 Å². The standard InChI is InChI=1S/C17H36N2Si/c1-14(2)18-20(19-15(3)4,17-12-8-9-13-17)16-10-6-5-7-11-16/h14-19H,5-13H2,1-4H3. The van der Waals surface area contributed by atoms with E-state index in [0.717, 1.165) is 11.1 Å². The van der Waals surface area contributed by atoms with Gasteiger partial charge in [0.25, 0.3) is 0 Å². The smallest absolute Gasteiger partial charge is 0.208 e. The van der Waals surface area contributed by atoms with Gasteiger partial charge in [0, 0.05) is 0 Å². The van der Waals surface area contributed by atoms with Crippen LogP contribution < -0.4 is 9.96 Å². The van der Waals surface area contributed by atoms with Crippen LogP contribution in [0.3, 0.4) is 0 Å². The number of rotatable bonds is 6. The van der Waals surface area contributed by atoms with E-state index in [-0.39, 0.29) is 0 Å². The molecule has 2 fully saturated rings. The van der Waals surface area contributed by atoms with E-state index in [2.05, 4.69) is 37.7 Å². The normalized spacial score (nSPS) is 23.1. The largest absolute Gasteiger partial charge is 0.323 e. The van der Waals surface area contributed by atoms with Crippen molar-refractivity contribution in [2.75, 3.05) is 0 Å². The minimum absolute atomic E-state index is 0.621. The van der Waals surface area contributed by atoms with E-state index in [0.29, 0.717) is 12.1 Å². The summed E-state index contributed by atoms with van der Waals surface area (Å²) in [6, 6.07) is 1.24. The summed E-state index contributed by atoms with van der Waals surface area (Å²) < 4.78 is 0. The summed E-state index contributed by atoms with van der Waals surface area (Å²) >= 11 is 0. The second-order valence-electron chi connectivity index (χ2n) is 7.78. The maximum atomic E-state index is 4.16. The Hall–Kier alpha value is 0.137. The van der Waals surface area contributed by atoms with Crippen molar-refractivity contribution in [3.05, 3.63) is 0 Å². The van der Waals surface area contributed by atoms with E-state index >= 15 is 0 Å². The molecular formula is C17H36N2Si. The summed E-state index contributed by atoms with van der Waals surface area (Å²) in [5.41, 5.74) is 1.93. The lowest BCUT2D eigenvalue weighted by Gasteiger charge is -2.48. The first kappa shape index (κ1) is 16.5. The molecule has 2 rings (SSSR count).